The van der Waals surface area contributed by atoms with Crippen molar-refractivity contribution in [3.8, 4) is 22.3 Å². The average Bonchev–Trinajstić information content (AvgIpc) is 3.13. The van der Waals surface area contributed by atoms with Crippen LogP contribution in [0.25, 0.3) is 33.0 Å². The van der Waals surface area contributed by atoms with Gasteiger partial charge < -0.3 is 4.90 Å². The Labute approximate surface area is 169 Å². The summed E-state index contributed by atoms with van der Waals surface area (Å²) in [5, 5.41) is 2.58. The lowest BCUT2D eigenvalue weighted by atomic mass is 10.0. The third-order valence-electron chi connectivity index (χ3n) is 5.68. The molecule has 0 atom stereocenters. The van der Waals surface area contributed by atoms with Crippen LogP contribution < -0.4 is 4.90 Å². The highest BCUT2D eigenvalue weighted by Crippen LogP contribution is 2.50. The molecule has 136 valence electrons. The van der Waals surface area contributed by atoms with E-state index >= 15 is 0 Å². The van der Waals surface area contributed by atoms with Crippen molar-refractivity contribution in [2.45, 2.75) is 0 Å². The zero-order chi connectivity index (χ0) is 19.2. The van der Waals surface area contributed by atoms with Crippen LogP contribution in [-0.4, -0.2) is 4.98 Å². The Balaban J connectivity index is 1.67. The molecule has 0 spiro atoms. The third kappa shape index (κ3) is 2.39. The van der Waals surface area contributed by atoms with Crippen LogP contribution in [0.5, 0.6) is 0 Å². The van der Waals surface area contributed by atoms with Crippen LogP contribution >= 0.6 is 0 Å². The summed E-state index contributed by atoms with van der Waals surface area (Å²) in [5.41, 5.74) is 8.60. The van der Waals surface area contributed by atoms with Gasteiger partial charge in [-0.25, -0.2) is 0 Å². The van der Waals surface area contributed by atoms with E-state index in [1.807, 2.05) is 18.5 Å². The Kier molecular flexibility index (Phi) is 3.50. The molecule has 0 unspecified atom stereocenters. The molecular formula is C27H18N2. The summed E-state index contributed by atoms with van der Waals surface area (Å²) in [7, 11) is 0. The van der Waals surface area contributed by atoms with Crippen molar-refractivity contribution in [2.24, 2.45) is 0 Å². The summed E-state index contributed by atoms with van der Waals surface area (Å²) >= 11 is 0. The minimum atomic E-state index is 1.05. The fourth-order valence-electron chi connectivity index (χ4n) is 4.48. The Morgan fingerprint density at radius 1 is 0.517 bits per heavy atom. The van der Waals surface area contributed by atoms with Gasteiger partial charge in [0, 0.05) is 17.3 Å². The van der Waals surface area contributed by atoms with Crippen molar-refractivity contribution in [3.63, 3.8) is 0 Å². The van der Waals surface area contributed by atoms with Crippen molar-refractivity contribution < 1.29 is 0 Å². The van der Waals surface area contributed by atoms with Crippen LogP contribution in [0, 0.1) is 0 Å². The third-order valence-corrected chi connectivity index (χ3v) is 5.68. The number of nitrogens with zero attached hydrogens (tertiary/aromatic N) is 2. The summed E-state index contributed by atoms with van der Waals surface area (Å²) in [5.74, 6) is 0. The number of hydrogen-bond donors (Lipinski definition) is 0. The smallest absolute Gasteiger partial charge is 0.0645 e. The Bertz CT molecular complexity index is 1270. The molecule has 0 radical (unpaired) electrons. The topological polar surface area (TPSA) is 16.1 Å². The van der Waals surface area contributed by atoms with E-state index in [1.165, 1.54) is 33.0 Å². The van der Waals surface area contributed by atoms with Gasteiger partial charge >= 0.3 is 0 Å². The van der Waals surface area contributed by atoms with Gasteiger partial charge in [0.05, 0.1) is 17.6 Å². The fourth-order valence-corrected chi connectivity index (χ4v) is 4.48. The molecule has 1 aliphatic rings. The molecule has 29 heavy (non-hydrogen) atoms. The van der Waals surface area contributed by atoms with E-state index in [0.717, 1.165) is 17.1 Å². The molecule has 0 saturated heterocycles. The summed E-state index contributed by atoms with van der Waals surface area (Å²) in [6, 6.07) is 34.4. The molecule has 0 aliphatic heterocycles. The van der Waals surface area contributed by atoms with Gasteiger partial charge in [-0.2, -0.15) is 0 Å². The zero-order valence-corrected chi connectivity index (χ0v) is 15.8. The van der Waals surface area contributed by atoms with E-state index in [4.69, 9.17) is 0 Å². The van der Waals surface area contributed by atoms with Crippen molar-refractivity contribution >= 4 is 27.8 Å². The average molecular weight is 370 g/mol. The SMILES string of the molecule is c1ccc(N(c2cccnc2)c2ccc3c4c(cccc24)-c2ccccc2-3)cc1. The number of pyridine rings is 1. The Hall–Kier alpha value is -3.91. The van der Waals surface area contributed by atoms with Gasteiger partial charge in [-0.05, 0) is 58.0 Å². The second kappa shape index (κ2) is 6.32. The number of aromatic nitrogens is 1. The van der Waals surface area contributed by atoms with Crippen molar-refractivity contribution in [3.05, 3.63) is 109 Å². The number of hydrogen-bond acceptors (Lipinski definition) is 2. The van der Waals surface area contributed by atoms with E-state index in [2.05, 4.69) is 101 Å². The van der Waals surface area contributed by atoms with E-state index < -0.39 is 0 Å². The van der Waals surface area contributed by atoms with Gasteiger partial charge in [0.25, 0.3) is 0 Å². The maximum atomic E-state index is 4.37. The van der Waals surface area contributed by atoms with Gasteiger partial charge in [-0.3, -0.25) is 4.98 Å². The first-order chi connectivity index (χ1) is 14.4. The highest BCUT2D eigenvalue weighted by molar-refractivity contribution is 6.19. The van der Waals surface area contributed by atoms with Crippen molar-refractivity contribution in [1.82, 2.24) is 4.98 Å². The highest BCUT2D eigenvalue weighted by Gasteiger charge is 2.24. The molecule has 1 aliphatic carbocycles. The number of rotatable bonds is 3. The van der Waals surface area contributed by atoms with Crippen molar-refractivity contribution in [1.29, 1.82) is 0 Å². The number of para-hydroxylation sites is 1. The minimum absolute atomic E-state index is 1.05. The molecular weight excluding hydrogens is 352 g/mol. The number of fused-ring (bicyclic) bond motifs is 3. The van der Waals surface area contributed by atoms with Crippen LogP contribution in [0.2, 0.25) is 0 Å². The summed E-state index contributed by atoms with van der Waals surface area (Å²) < 4.78 is 0. The van der Waals surface area contributed by atoms with E-state index in [9.17, 15) is 0 Å². The quantitative estimate of drug-likeness (QED) is 0.324. The number of anilines is 3. The lowest BCUT2D eigenvalue weighted by Crippen LogP contribution is -2.10. The standard InChI is InChI=1S/C27H18N2/c1-2-8-19(9-3-1)29(20-10-7-17-28-18-20)26-16-15-24-22-12-5-4-11-21(22)23-13-6-14-25(26)27(23)24/h1-18H. The predicted octanol–water partition coefficient (Wildman–Crippen LogP) is 7.35. The monoisotopic (exact) mass is 370 g/mol. The molecule has 0 N–H and O–H groups in total. The van der Waals surface area contributed by atoms with Crippen molar-refractivity contribution in [2.75, 3.05) is 4.90 Å². The number of benzene rings is 4. The Morgan fingerprint density at radius 2 is 1.21 bits per heavy atom. The minimum Gasteiger partial charge on any atom is -0.308 e. The predicted molar refractivity (Wildman–Crippen MR) is 121 cm³/mol. The molecule has 0 amide bonds. The van der Waals surface area contributed by atoms with Crippen LogP contribution in [0.3, 0.4) is 0 Å². The molecule has 5 aromatic rings. The first-order valence-electron chi connectivity index (χ1n) is 9.82. The zero-order valence-electron chi connectivity index (χ0n) is 15.8. The van der Waals surface area contributed by atoms with Gasteiger partial charge in [0.1, 0.15) is 0 Å². The van der Waals surface area contributed by atoms with Gasteiger partial charge in [0.15, 0.2) is 0 Å². The van der Waals surface area contributed by atoms with Crippen LogP contribution in [-0.2, 0) is 0 Å². The molecule has 2 heteroatoms. The Morgan fingerprint density at radius 3 is 1.97 bits per heavy atom. The first-order valence-corrected chi connectivity index (χ1v) is 9.82. The second-order valence-corrected chi connectivity index (χ2v) is 7.29. The summed E-state index contributed by atoms with van der Waals surface area (Å²) in [6.45, 7) is 0. The van der Waals surface area contributed by atoms with Gasteiger partial charge in [-0.15, -0.1) is 0 Å². The molecule has 6 rings (SSSR count). The fraction of sp³-hybridized carbons (Fsp3) is 0. The molecule has 4 aromatic carbocycles. The van der Waals surface area contributed by atoms with E-state index in [1.54, 1.807) is 0 Å². The molecule has 1 aromatic heterocycles. The van der Waals surface area contributed by atoms with E-state index in [0.29, 0.717) is 0 Å². The summed E-state index contributed by atoms with van der Waals surface area (Å²) in [4.78, 5) is 6.67. The molecule has 0 saturated carbocycles. The lowest BCUT2D eigenvalue weighted by molar-refractivity contribution is 1.24. The maximum absolute atomic E-state index is 4.37. The lowest BCUT2D eigenvalue weighted by Gasteiger charge is -2.26. The van der Waals surface area contributed by atoms with Crippen LogP contribution in [0.1, 0.15) is 0 Å². The largest absolute Gasteiger partial charge is 0.308 e. The van der Waals surface area contributed by atoms with Gasteiger partial charge in [-0.1, -0.05) is 66.7 Å². The van der Waals surface area contributed by atoms with E-state index in [-0.39, 0.29) is 0 Å². The molecule has 0 fully saturated rings. The second-order valence-electron chi connectivity index (χ2n) is 7.29. The summed E-state index contributed by atoms with van der Waals surface area (Å²) in [6.07, 6.45) is 3.74. The van der Waals surface area contributed by atoms with Gasteiger partial charge in [0.2, 0.25) is 0 Å². The van der Waals surface area contributed by atoms with Crippen LogP contribution in [0.4, 0.5) is 17.1 Å². The maximum Gasteiger partial charge on any atom is 0.0645 e. The molecule has 1 heterocycles. The molecule has 2 nitrogen and oxygen atoms in total. The molecule has 0 bridgehead atoms. The highest BCUT2D eigenvalue weighted by atomic mass is 15.1. The van der Waals surface area contributed by atoms with Crippen LogP contribution in [0.15, 0.2) is 109 Å². The first kappa shape index (κ1) is 16.1. The normalized spacial score (nSPS) is 11.4.